The fraction of sp³-hybridized carbons (Fsp3) is 0.532. The summed E-state index contributed by atoms with van der Waals surface area (Å²) in [5, 5.41) is 17.2. The Kier molecular flexibility index (Phi) is 11.4. The van der Waals surface area contributed by atoms with E-state index in [1.165, 1.54) is 24.5 Å². The van der Waals surface area contributed by atoms with Gasteiger partial charge in [-0.25, -0.2) is 14.8 Å². The minimum Gasteiger partial charge on any atom is -0.386 e. The zero-order valence-corrected chi connectivity index (χ0v) is 36.7. The van der Waals surface area contributed by atoms with Crippen molar-refractivity contribution in [3.63, 3.8) is 0 Å². The number of halogens is 3. The van der Waals surface area contributed by atoms with Gasteiger partial charge < -0.3 is 15.3 Å². The molecule has 4 fully saturated rings. The van der Waals surface area contributed by atoms with E-state index in [9.17, 15) is 37.5 Å². The highest BCUT2D eigenvalue weighted by molar-refractivity contribution is 7.18. The number of nitrogens with zero attached hydrogens (tertiary/aromatic N) is 5. The third kappa shape index (κ3) is 8.57. The average Bonchev–Trinajstić information content (AvgIpc) is 3.78. The number of imidazole rings is 1. The molecule has 0 radical (unpaired) electrons. The van der Waals surface area contributed by atoms with Crippen molar-refractivity contribution in [3.05, 3.63) is 86.5 Å². The number of aromatic nitrogens is 4. The summed E-state index contributed by atoms with van der Waals surface area (Å²) >= 11 is 1.56. The van der Waals surface area contributed by atoms with Crippen molar-refractivity contribution >= 4 is 56.0 Å². The number of rotatable bonds is 8. The lowest BCUT2D eigenvalue weighted by Crippen LogP contribution is -2.44. The van der Waals surface area contributed by atoms with Gasteiger partial charge >= 0.3 is 11.9 Å². The fourth-order valence-corrected chi connectivity index (χ4v) is 12.1. The molecular weight excluding hydrogens is 832 g/mol. The third-order valence-electron chi connectivity index (χ3n) is 14.5. The molecule has 3 aromatic heterocycles. The standard InChI is InChI=1S/C47H54F3N7O5S/c1-45(2,62)31-24-34-37(25-33(31)52-41(59)32-7-5-9-38(51-32)47(48,49)50)63-43(53-34)29-12-10-27(11-13-29)26-56-22-20-46(21-23-56)18-16-28(17-19-46)30-6-4-8-35-40(30)55(3)44(61)57(35)36-14-15-39(58)54-42(36)60/h4-9,24-25,27-29,36,62H,10-23,26H2,1-3H3,(H,52,59)(H,54,58,60)/t27-,29-,36?. The van der Waals surface area contributed by atoms with Gasteiger partial charge in [-0.2, -0.15) is 13.2 Å². The van der Waals surface area contributed by atoms with Crippen LogP contribution in [0.25, 0.3) is 21.3 Å². The molecule has 1 spiro atoms. The number of nitrogens with one attached hydrogen (secondary N) is 2. The van der Waals surface area contributed by atoms with Crippen molar-refractivity contribution in [2.45, 2.75) is 121 Å². The van der Waals surface area contributed by atoms with Crippen molar-refractivity contribution in [2.24, 2.45) is 18.4 Å². The number of alkyl halides is 3. The van der Waals surface area contributed by atoms with Crippen LogP contribution in [0.15, 0.2) is 53.3 Å². The van der Waals surface area contributed by atoms with E-state index >= 15 is 0 Å². The minimum absolute atomic E-state index is 0.217. The first-order valence-electron chi connectivity index (χ1n) is 22.3. The molecule has 5 aromatic rings. The fourth-order valence-electron chi connectivity index (χ4n) is 10.9. The molecule has 12 nitrogen and oxygen atoms in total. The number of fused-ring (bicyclic) bond motifs is 2. The number of amides is 3. The molecule has 5 heterocycles. The third-order valence-corrected chi connectivity index (χ3v) is 15.7. The van der Waals surface area contributed by atoms with Gasteiger partial charge in [0.2, 0.25) is 11.8 Å². The number of carbonyl (C=O) groups excluding carboxylic acids is 3. The number of hydrogen-bond donors (Lipinski definition) is 3. The summed E-state index contributed by atoms with van der Waals surface area (Å²) in [5.41, 5.74) is 1.50. The van der Waals surface area contributed by atoms with E-state index in [2.05, 4.69) is 26.6 Å². The van der Waals surface area contributed by atoms with Crippen molar-refractivity contribution in [1.82, 2.24) is 29.3 Å². The number of hydrogen-bond acceptors (Lipinski definition) is 9. The molecule has 1 unspecified atom stereocenters. The number of pyridine rings is 1. The van der Waals surface area contributed by atoms with Crippen LogP contribution in [-0.4, -0.2) is 66.5 Å². The van der Waals surface area contributed by atoms with Crippen LogP contribution < -0.4 is 16.3 Å². The molecule has 16 heteroatoms. The Bertz CT molecular complexity index is 2640. The van der Waals surface area contributed by atoms with Gasteiger partial charge in [0, 0.05) is 37.2 Å². The number of imide groups is 1. The molecule has 9 rings (SSSR count). The topological polar surface area (TPSA) is 151 Å². The van der Waals surface area contributed by atoms with Gasteiger partial charge in [-0.05, 0) is 151 Å². The summed E-state index contributed by atoms with van der Waals surface area (Å²) in [5.74, 6) is -0.245. The molecule has 2 aliphatic heterocycles. The number of aryl methyl sites for hydroxylation is 1. The smallest absolute Gasteiger partial charge is 0.386 e. The van der Waals surface area contributed by atoms with Gasteiger partial charge in [0.25, 0.3) is 5.91 Å². The van der Waals surface area contributed by atoms with Crippen LogP contribution in [-0.2, 0) is 28.4 Å². The van der Waals surface area contributed by atoms with E-state index in [1.807, 2.05) is 12.1 Å². The van der Waals surface area contributed by atoms with E-state index in [0.717, 1.165) is 104 Å². The molecule has 2 saturated carbocycles. The van der Waals surface area contributed by atoms with E-state index in [4.69, 9.17) is 4.98 Å². The number of carbonyl (C=O) groups is 3. The van der Waals surface area contributed by atoms with Crippen molar-refractivity contribution in [1.29, 1.82) is 0 Å². The van der Waals surface area contributed by atoms with Crippen LogP contribution in [0.5, 0.6) is 0 Å². The van der Waals surface area contributed by atoms with Crippen LogP contribution in [0, 0.1) is 11.3 Å². The Hall–Kier alpha value is -4.93. The lowest BCUT2D eigenvalue weighted by molar-refractivity contribution is -0.141. The second-order valence-corrected chi connectivity index (χ2v) is 20.1. The van der Waals surface area contributed by atoms with Crippen LogP contribution in [0.2, 0.25) is 0 Å². The summed E-state index contributed by atoms with van der Waals surface area (Å²) in [6.45, 7) is 6.50. The van der Waals surface area contributed by atoms with Crippen LogP contribution in [0.1, 0.15) is 141 Å². The number of aliphatic hydroxyl groups is 1. The molecule has 2 saturated heterocycles. The Labute approximate surface area is 367 Å². The van der Waals surface area contributed by atoms with E-state index in [0.29, 0.717) is 46.4 Å². The molecule has 1 atom stereocenters. The number of thiazole rings is 1. The van der Waals surface area contributed by atoms with Gasteiger partial charge in [-0.15, -0.1) is 11.3 Å². The summed E-state index contributed by atoms with van der Waals surface area (Å²) < 4.78 is 44.0. The highest BCUT2D eigenvalue weighted by Crippen LogP contribution is 2.50. The molecule has 0 bridgehead atoms. The Balaban J connectivity index is 0.791. The average molecular weight is 886 g/mol. The number of para-hydroxylation sites is 1. The van der Waals surface area contributed by atoms with Crippen LogP contribution in [0.4, 0.5) is 18.9 Å². The predicted molar refractivity (Wildman–Crippen MR) is 235 cm³/mol. The first-order valence-corrected chi connectivity index (χ1v) is 23.1. The first kappa shape index (κ1) is 43.3. The maximum atomic E-state index is 13.5. The Morgan fingerprint density at radius 3 is 2.32 bits per heavy atom. The summed E-state index contributed by atoms with van der Waals surface area (Å²) in [6, 6.07) is 12.1. The number of anilines is 1. The van der Waals surface area contributed by atoms with E-state index < -0.39 is 35.3 Å². The zero-order valence-electron chi connectivity index (χ0n) is 35.9. The zero-order chi connectivity index (χ0) is 44.4. The van der Waals surface area contributed by atoms with Gasteiger partial charge in [0.1, 0.15) is 17.4 Å². The monoisotopic (exact) mass is 885 g/mol. The Morgan fingerprint density at radius 2 is 1.63 bits per heavy atom. The molecule has 2 aromatic carbocycles. The molecule has 3 amide bonds. The highest BCUT2D eigenvalue weighted by Gasteiger charge is 2.40. The van der Waals surface area contributed by atoms with Gasteiger partial charge in [0.15, 0.2) is 0 Å². The van der Waals surface area contributed by atoms with E-state index in [1.54, 1.807) is 53.5 Å². The summed E-state index contributed by atoms with van der Waals surface area (Å²) in [4.78, 5) is 62.4. The van der Waals surface area contributed by atoms with Crippen LogP contribution >= 0.6 is 11.3 Å². The maximum absolute atomic E-state index is 13.5. The van der Waals surface area contributed by atoms with Gasteiger partial charge in [-0.1, -0.05) is 18.2 Å². The number of likely N-dealkylation sites (tertiary alicyclic amines) is 1. The normalized spacial score (nSPS) is 22.8. The SMILES string of the molecule is Cn1c(=O)n(C2CCC(=O)NC2=O)c2cccc(C3CCC4(CC3)CCN(C[C@H]3CC[C@H](c5nc6cc(C(C)(C)O)c(NC(=O)c7cccc(C(F)(F)F)n7)cc6s5)CC3)CC4)c21. The molecule has 2 aliphatic carbocycles. The maximum Gasteiger partial charge on any atom is 0.433 e. The molecule has 334 valence electrons. The quantitative estimate of drug-likeness (QED) is 0.131. The van der Waals surface area contributed by atoms with Crippen molar-refractivity contribution in [3.8, 4) is 0 Å². The first-order chi connectivity index (χ1) is 30.0. The number of piperidine rings is 2. The van der Waals surface area contributed by atoms with Crippen molar-refractivity contribution in [2.75, 3.05) is 25.0 Å². The minimum atomic E-state index is -4.69. The second kappa shape index (κ2) is 16.6. The lowest BCUT2D eigenvalue weighted by atomic mass is 9.64. The lowest BCUT2D eigenvalue weighted by Gasteiger charge is -2.47. The van der Waals surface area contributed by atoms with E-state index in [-0.39, 0.29) is 23.7 Å². The highest BCUT2D eigenvalue weighted by atomic mass is 32.1. The molecular formula is C47H54F3N7O5S. The van der Waals surface area contributed by atoms with Gasteiger partial charge in [0.05, 0.1) is 31.9 Å². The second-order valence-electron chi connectivity index (χ2n) is 19.0. The summed E-state index contributed by atoms with van der Waals surface area (Å²) in [6.07, 6.45) is 6.99. The van der Waals surface area contributed by atoms with Gasteiger partial charge in [-0.3, -0.25) is 28.8 Å². The van der Waals surface area contributed by atoms with Crippen LogP contribution in [0.3, 0.4) is 0 Å². The largest absolute Gasteiger partial charge is 0.433 e. The molecule has 4 aliphatic rings. The summed E-state index contributed by atoms with van der Waals surface area (Å²) in [7, 11) is 1.79. The molecule has 63 heavy (non-hydrogen) atoms. The van der Waals surface area contributed by atoms with Crippen molar-refractivity contribution < 1.29 is 32.7 Å². The predicted octanol–water partition coefficient (Wildman–Crippen LogP) is 8.53. The number of benzene rings is 2. The molecule has 3 N–H and O–H groups in total. The Morgan fingerprint density at radius 1 is 0.921 bits per heavy atom.